The van der Waals surface area contributed by atoms with Crippen LogP contribution in [-0.4, -0.2) is 10.9 Å². The lowest BCUT2D eigenvalue weighted by atomic mass is 10.1. The summed E-state index contributed by atoms with van der Waals surface area (Å²) in [6.45, 7) is 4.19. The van der Waals surface area contributed by atoms with E-state index in [-0.39, 0.29) is 18.0 Å². The predicted molar refractivity (Wildman–Crippen MR) is 117 cm³/mol. The van der Waals surface area contributed by atoms with Crippen LogP contribution in [0, 0.1) is 13.8 Å². The van der Waals surface area contributed by atoms with Crippen LogP contribution in [0.3, 0.4) is 0 Å². The second-order valence-corrected chi connectivity index (χ2v) is 7.31. The highest BCUT2D eigenvalue weighted by Crippen LogP contribution is 2.21. The number of rotatable bonds is 4. The Balaban J connectivity index is 1.77. The molecule has 0 aliphatic heterocycles. The highest BCUT2D eigenvalue weighted by Gasteiger charge is 2.19. The monoisotopic (exact) mass is 382 g/mol. The zero-order chi connectivity index (χ0) is 20.4. The van der Waals surface area contributed by atoms with Crippen LogP contribution in [0.5, 0.6) is 0 Å². The van der Waals surface area contributed by atoms with Crippen LogP contribution in [-0.2, 0) is 6.54 Å². The minimum atomic E-state index is -0.181. The first-order chi connectivity index (χ1) is 14.0. The number of fused-ring (bicyclic) bond motifs is 1. The molecule has 0 radical (unpaired) electrons. The number of H-pyrrole nitrogens is 1. The summed E-state index contributed by atoms with van der Waals surface area (Å²) in [5.41, 5.74) is 4.71. The molecule has 0 bridgehead atoms. The maximum Gasteiger partial charge on any atom is 0.258 e. The average Bonchev–Trinajstić information content (AvgIpc) is 2.73. The van der Waals surface area contributed by atoms with E-state index in [0.717, 1.165) is 27.7 Å². The second kappa shape index (κ2) is 7.76. The molecule has 0 aliphatic rings. The van der Waals surface area contributed by atoms with E-state index in [2.05, 4.69) is 4.98 Å². The van der Waals surface area contributed by atoms with E-state index < -0.39 is 0 Å². The van der Waals surface area contributed by atoms with Gasteiger partial charge in [0.25, 0.3) is 11.5 Å². The molecule has 0 aliphatic carbocycles. The Morgan fingerprint density at radius 1 is 0.862 bits per heavy atom. The smallest absolute Gasteiger partial charge is 0.258 e. The normalized spacial score (nSPS) is 10.8. The Labute approximate surface area is 169 Å². The quantitative estimate of drug-likeness (QED) is 0.540. The fourth-order valence-corrected chi connectivity index (χ4v) is 3.40. The molecule has 29 heavy (non-hydrogen) atoms. The number of aromatic nitrogens is 1. The Hall–Kier alpha value is -3.66. The number of benzene rings is 3. The minimum absolute atomic E-state index is 0.139. The van der Waals surface area contributed by atoms with Gasteiger partial charge in [0, 0.05) is 22.3 Å². The Bertz CT molecular complexity index is 1230. The average molecular weight is 382 g/mol. The summed E-state index contributed by atoms with van der Waals surface area (Å²) in [5, 5.41) is 0.954. The first kappa shape index (κ1) is 18.7. The summed E-state index contributed by atoms with van der Waals surface area (Å²) >= 11 is 0. The third-order valence-corrected chi connectivity index (χ3v) is 5.02. The summed E-state index contributed by atoms with van der Waals surface area (Å²) in [6, 6.07) is 24.7. The summed E-state index contributed by atoms with van der Waals surface area (Å²) in [7, 11) is 0. The van der Waals surface area contributed by atoms with Crippen molar-refractivity contribution < 1.29 is 4.79 Å². The van der Waals surface area contributed by atoms with Gasteiger partial charge in [-0.3, -0.25) is 9.59 Å². The van der Waals surface area contributed by atoms with Crippen molar-refractivity contribution in [2.24, 2.45) is 0 Å². The molecule has 144 valence electrons. The number of nitrogens with one attached hydrogen (secondary N) is 1. The van der Waals surface area contributed by atoms with Crippen LogP contribution in [0.15, 0.2) is 83.7 Å². The molecule has 4 rings (SSSR count). The molecule has 4 aromatic rings. The molecule has 4 nitrogen and oxygen atoms in total. The van der Waals surface area contributed by atoms with Crippen LogP contribution in [0.25, 0.3) is 10.9 Å². The molecular formula is C25H22N2O2. The number of aryl methyl sites for hydroxylation is 2. The van der Waals surface area contributed by atoms with Gasteiger partial charge < -0.3 is 9.88 Å². The van der Waals surface area contributed by atoms with E-state index in [9.17, 15) is 9.59 Å². The molecule has 3 aromatic carbocycles. The van der Waals surface area contributed by atoms with E-state index in [1.165, 1.54) is 0 Å². The van der Waals surface area contributed by atoms with Crippen LogP contribution in [0.4, 0.5) is 5.69 Å². The second-order valence-electron chi connectivity index (χ2n) is 7.31. The van der Waals surface area contributed by atoms with E-state index in [1.54, 1.807) is 4.90 Å². The zero-order valence-electron chi connectivity index (χ0n) is 16.5. The fraction of sp³-hybridized carbons (Fsp3) is 0.120. The number of hydrogen-bond donors (Lipinski definition) is 1. The summed E-state index contributed by atoms with van der Waals surface area (Å²) in [6.07, 6.45) is 0. The van der Waals surface area contributed by atoms with Crippen molar-refractivity contribution in [2.45, 2.75) is 20.4 Å². The lowest BCUT2D eigenvalue weighted by Crippen LogP contribution is -2.32. The first-order valence-electron chi connectivity index (χ1n) is 9.57. The van der Waals surface area contributed by atoms with Gasteiger partial charge in [0.1, 0.15) is 0 Å². The molecule has 0 fully saturated rings. The molecule has 1 aromatic heterocycles. The number of pyridine rings is 1. The van der Waals surface area contributed by atoms with Crippen molar-refractivity contribution >= 4 is 22.5 Å². The maximum absolute atomic E-state index is 13.3. The molecule has 0 atom stereocenters. The Morgan fingerprint density at radius 2 is 1.55 bits per heavy atom. The summed E-state index contributed by atoms with van der Waals surface area (Å²) < 4.78 is 0. The highest BCUT2D eigenvalue weighted by atomic mass is 16.2. The number of nitrogens with zero attached hydrogens (tertiary/aromatic N) is 1. The van der Waals surface area contributed by atoms with Crippen molar-refractivity contribution in [2.75, 3.05) is 4.90 Å². The van der Waals surface area contributed by atoms with E-state index >= 15 is 0 Å². The molecule has 1 heterocycles. The van der Waals surface area contributed by atoms with Crippen molar-refractivity contribution in [3.63, 3.8) is 0 Å². The van der Waals surface area contributed by atoms with Gasteiger partial charge in [-0.25, -0.2) is 0 Å². The van der Waals surface area contributed by atoms with Gasteiger partial charge in [-0.2, -0.15) is 0 Å². The van der Waals surface area contributed by atoms with Crippen molar-refractivity contribution in [1.82, 2.24) is 4.98 Å². The maximum atomic E-state index is 13.3. The van der Waals surface area contributed by atoms with Crippen LogP contribution < -0.4 is 10.5 Å². The summed E-state index contributed by atoms with van der Waals surface area (Å²) in [5.74, 6) is -0.139. The molecule has 4 heteroatoms. The number of anilines is 1. The number of aromatic amines is 1. The van der Waals surface area contributed by atoms with Gasteiger partial charge in [0.05, 0.1) is 6.54 Å². The third kappa shape index (κ3) is 3.97. The Kier molecular flexibility index (Phi) is 5.00. The van der Waals surface area contributed by atoms with Gasteiger partial charge in [0.15, 0.2) is 0 Å². The molecule has 1 N–H and O–H groups in total. The standard InChI is InChI=1S/C25H22N2O2/c1-17-8-11-19(12-9-17)25(29)27(22-6-4-3-5-7-22)16-21-15-20-14-18(2)10-13-23(20)26-24(21)28/h3-15H,16H2,1-2H3,(H,26,28). The van der Waals surface area contributed by atoms with Gasteiger partial charge in [-0.15, -0.1) is 0 Å². The zero-order valence-corrected chi connectivity index (χ0v) is 16.5. The van der Waals surface area contributed by atoms with E-state index in [0.29, 0.717) is 11.1 Å². The number of amides is 1. The van der Waals surface area contributed by atoms with E-state index in [1.807, 2.05) is 92.7 Å². The van der Waals surface area contributed by atoms with Crippen LogP contribution >= 0.6 is 0 Å². The van der Waals surface area contributed by atoms with Crippen LogP contribution in [0.1, 0.15) is 27.0 Å². The van der Waals surface area contributed by atoms with Crippen molar-refractivity contribution in [1.29, 1.82) is 0 Å². The first-order valence-corrected chi connectivity index (χ1v) is 9.57. The molecule has 0 saturated heterocycles. The lowest BCUT2D eigenvalue weighted by molar-refractivity contribution is 0.0985. The highest BCUT2D eigenvalue weighted by molar-refractivity contribution is 6.06. The summed E-state index contributed by atoms with van der Waals surface area (Å²) in [4.78, 5) is 30.6. The Morgan fingerprint density at radius 3 is 2.28 bits per heavy atom. The fourth-order valence-electron chi connectivity index (χ4n) is 3.40. The van der Waals surface area contributed by atoms with Gasteiger partial charge in [0.2, 0.25) is 0 Å². The third-order valence-electron chi connectivity index (χ3n) is 5.02. The lowest BCUT2D eigenvalue weighted by Gasteiger charge is -2.23. The topological polar surface area (TPSA) is 53.2 Å². The SMILES string of the molecule is Cc1ccc(C(=O)N(Cc2cc3cc(C)ccc3[nH]c2=O)c2ccccc2)cc1. The molecular weight excluding hydrogens is 360 g/mol. The van der Waals surface area contributed by atoms with Crippen molar-refractivity contribution in [3.05, 3.63) is 111 Å². The van der Waals surface area contributed by atoms with Gasteiger partial charge in [-0.1, -0.05) is 47.5 Å². The largest absolute Gasteiger partial charge is 0.322 e. The molecule has 1 amide bonds. The minimum Gasteiger partial charge on any atom is -0.322 e. The predicted octanol–water partition coefficient (Wildman–Crippen LogP) is 4.99. The number of para-hydroxylation sites is 1. The molecule has 0 saturated carbocycles. The number of carbonyl (C=O) groups excluding carboxylic acids is 1. The van der Waals surface area contributed by atoms with Gasteiger partial charge >= 0.3 is 0 Å². The number of carbonyl (C=O) groups is 1. The molecule has 0 unspecified atom stereocenters. The number of hydrogen-bond acceptors (Lipinski definition) is 2. The molecule has 0 spiro atoms. The van der Waals surface area contributed by atoms with Crippen molar-refractivity contribution in [3.8, 4) is 0 Å². The van der Waals surface area contributed by atoms with Crippen LogP contribution in [0.2, 0.25) is 0 Å². The van der Waals surface area contributed by atoms with E-state index in [4.69, 9.17) is 0 Å². The van der Waals surface area contributed by atoms with Gasteiger partial charge in [-0.05, 0) is 61.7 Å².